The third kappa shape index (κ3) is 4.17. The summed E-state index contributed by atoms with van der Waals surface area (Å²) in [7, 11) is 0. The molecule has 5 rings (SSSR count). The molecule has 9 heteroatoms. The van der Waals surface area contributed by atoms with Crippen LogP contribution in [-0.2, 0) is 11.2 Å². The first-order valence-corrected chi connectivity index (χ1v) is 11.8. The van der Waals surface area contributed by atoms with Crippen molar-refractivity contribution in [3.8, 4) is 11.5 Å². The summed E-state index contributed by atoms with van der Waals surface area (Å²) in [5, 5.41) is 14.7. The number of carbonyl (C=O) groups excluding carboxylic acids is 1. The summed E-state index contributed by atoms with van der Waals surface area (Å²) in [5.74, 6) is 2.72. The molecule has 3 aromatic rings. The van der Waals surface area contributed by atoms with Crippen molar-refractivity contribution in [3.63, 3.8) is 0 Å². The highest BCUT2D eigenvalue weighted by Crippen LogP contribution is 2.39. The van der Waals surface area contributed by atoms with Crippen LogP contribution in [0.3, 0.4) is 0 Å². The van der Waals surface area contributed by atoms with Gasteiger partial charge in [0.05, 0.1) is 11.8 Å². The summed E-state index contributed by atoms with van der Waals surface area (Å²) in [6.45, 7) is 2.21. The molecule has 0 spiro atoms. The Morgan fingerprint density at radius 1 is 1.30 bits per heavy atom. The quantitative estimate of drug-likeness (QED) is 0.532. The van der Waals surface area contributed by atoms with E-state index in [4.69, 9.17) is 9.47 Å². The van der Waals surface area contributed by atoms with E-state index in [-0.39, 0.29) is 18.7 Å². The lowest BCUT2D eigenvalue weighted by molar-refractivity contribution is -0.119. The topological polar surface area (TPSA) is 78.3 Å². The lowest BCUT2D eigenvalue weighted by Gasteiger charge is -2.15. The fourth-order valence-electron chi connectivity index (χ4n) is 3.47. The lowest BCUT2D eigenvalue weighted by Crippen LogP contribution is -2.28. The maximum atomic E-state index is 12.6. The van der Waals surface area contributed by atoms with E-state index in [1.165, 1.54) is 16.6 Å². The minimum atomic E-state index is -0.122. The summed E-state index contributed by atoms with van der Waals surface area (Å²) < 4.78 is 13.0. The van der Waals surface area contributed by atoms with Crippen LogP contribution in [0.15, 0.2) is 40.9 Å². The number of nitrogens with zero attached hydrogens (tertiary/aromatic N) is 3. The standard InChI is InChI=1S/C21H22N4O3S2/c1-13(14-4-7-17-18(9-14)28-12-27-17)22-20(26)11-30-21-24-23-19(25(21)15-5-6-15)10-16-3-2-8-29-16/h2-4,7-9,13,15H,5-6,10-12H2,1H3,(H,22,26)/t13-/m1/s1. The molecule has 0 bridgehead atoms. The van der Waals surface area contributed by atoms with Gasteiger partial charge in [-0.1, -0.05) is 23.9 Å². The minimum Gasteiger partial charge on any atom is -0.454 e. The van der Waals surface area contributed by atoms with Crippen LogP contribution < -0.4 is 14.8 Å². The number of amides is 1. The largest absolute Gasteiger partial charge is 0.454 e. The van der Waals surface area contributed by atoms with Crippen LogP contribution in [0.4, 0.5) is 0 Å². The zero-order valence-corrected chi connectivity index (χ0v) is 18.2. The Bertz CT molecular complexity index is 1050. The van der Waals surface area contributed by atoms with Gasteiger partial charge in [-0.2, -0.15) is 0 Å². The van der Waals surface area contributed by atoms with Crippen molar-refractivity contribution in [3.05, 3.63) is 52.0 Å². The highest BCUT2D eigenvalue weighted by Gasteiger charge is 2.30. The Morgan fingerprint density at radius 3 is 2.97 bits per heavy atom. The maximum absolute atomic E-state index is 12.6. The average molecular weight is 443 g/mol. The van der Waals surface area contributed by atoms with Gasteiger partial charge in [-0.3, -0.25) is 4.79 Å². The van der Waals surface area contributed by atoms with E-state index in [0.717, 1.165) is 47.3 Å². The zero-order chi connectivity index (χ0) is 20.5. The number of hydrogen-bond donors (Lipinski definition) is 1. The van der Waals surface area contributed by atoms with Gasteiger partial charge in [-0.05, 0) is 48.9 Å². The molecule has 1 aromatic carbocycles. The van der Waals surface area contributed by atoms with E-state index in [9.17, 15) is 4.79 Å². The van der Waals surface area contributed by atoms with Crippen molar-refractivity contribution in [2.24, 2.45) is 0 Å². The summed E-state index contributed by atoms with van der Waals surface area (Å²) >= 11 is 3.18. The molecule has 1 amide bonds. The first-order valence-electron chi connectivity index (χ1n) is 9.95. The van der Waals surface area contributed by atoms with Gasteiger partial charge in [0.15, 0.2) is 16.7 Å². The second-order valence-electron chi connectivity index (χ2n) is 7.45. The van der Waals surface area contributed by atoms with Gasteiger partial charge >= 0.3 is 0 Å². The third-order valence-electron chi connectivity index (χ3n) is 5.17. The predicted octanol–water partition coefficient (Wildman–Crippen LogP) is 3.96. The molecule has 0 unspecified atom stereocenters. The number of hydrogen-bond acceptors (Lipinski definition) is 7. The number of fused-ring (bicyclic) bond motifs is 1. The van der Waals surface area contributed by atoms with Gasteiger partial charge in [0.1, 0.15) is 5.82 Å². The van der Waals surface area contributed by atoms with E-state index in [1.54, 1.807) is 11.3 Å². The molecule has 3 heterocycles. The van der Waals surface area contributed by atoms with Crippen LogP contribution in [0.2, 0.25) is 0 Å². The van der Waals surface area contributed by atoms with Gasteiger partial charge in [0, 0.05) is 17.3 Å². The number of aromatic nitrogens is 3. The molecular formula is C21H22N4O3S2. The molecule has 2 aromatic heterocycles. The van der Waals surface area contributed by atoms with Crippen LogP contribution in [-0.4, -0.2) is 33.2 Å². The highest BCUT2D eigenvalue weighted by molar-refractivity contribution is 7.99. The van der Waals surface area contributed by atoms with Crippen molar-refractivity contribution in [2.45, 2.75) is 43.4 Å². The van der Waals surface area contributed by atoms with E-state index in [2.05, 4.69) is 37.6 Å². The molecule has 156 valence electrons. The van der Waals surface area contributed by atoms with Gasteiger partial charge in [-0.25, -0.2) is 0 Å². The molecule has 1 saturated carbocycles. The molecule has 1 atom stereocenters. The van der Waals surface area contributed by atoms with Crippen molar-refractivity contribution < 1.29 is 14.3 Å². The summed E-state index contributed by atoms with van der Waals surface area (Å²) in [6, 6.07) is 10.3. The molecule has 2 aliphatic rings. The summed E-state index contributed by atoms with van der Waals surface area (Å²) in [4.78, 5) is 13.8. The fourth-order valence-corrected chi connectivity index (χ4v) is 5.01. The second-order valence-corrected chi connectivity index (χ2v) is 9.42. The molecule has 30 heavy (non-hydrogen) atoms. The Labute approximate surface area is 182 Å². The highest BCUT2D eigenvalue weighted by atomic mass is 32.2. The predicted molar refractivity (Wildman–Crippen MR) is 115 cm³/mol. The molecule has 1 fully saturated rings. The Kier molecular flexibility index (Phi) is 5.39. The van der Waals surface area contributed by atoms with Crippen molar-refractivity contribution in [1.82, 2.24) is 20.1 Å². The summed E-state index contributed by atoms with van der Waals surface area (Å²) in [5.41, 5.74) is 0.983. The molecule has 1 aliphatic heterocycles. The van der Waals surface area contributed by atoms with Crippen LogP contribution in [0.1, 0.15) is 48.1 Å². The zero-order valence-electron chi connectivity index (χ0n) is 16.5. The first-order chi connectivity index (χ1) is 14.7. The van der Waals surface area contributed by atoms with E-state index < -0.39 is 0 Å². The van der Waals surface area contributed by atoms with Crippen molar-refractivity contribution >= 4 is 29.0 Å². The van der Waals surface area contributed by atoms with Crippen LogP contribution in [0, 0.1) is 0 Å². The van der Waals surface area contributed by atoms with Gasteiger partial charge in [0.2, 0.25) is 12.7 Å². The van der Waals surface area contributed by atoms with Crippen LogP contribution in [0.25, 0.3) is 0 Å². The van der Waals surface area contributed by atoms with Gasteiger partial charge in [-0.15, -0.1) is 21.5 Å². The number of carbonyl (C=O) groups is 1. The van der Waals surface area contributed by atoms with Crippen molar-refractivity contribution in [2.75, 3.05) is 12.5 Å². The van der Waals surface area contributed by atoms with E-state index >= 15 is 0 Å². The van der Waals surface area contributed by atoms with Gasteiger partial charge < -0.3 is 19.4 Å². The third-order valence-corrected chi connectivity index (χ3v) is 6.99. The molecule has 0 radical (unpaired) electrons. The van der Waals surface area contributed by atoms with Crippen LogP contribution >= 0.6 is 23.1 Å². The SMILES string of the molecule is C[C@@H](NC(=O)CSc1nnc(Cc2cccs2)n1C1CC1)c1ccc2c(c1)OCO2. The molecule has 1 aliphatic carbocycles. The van der Waals surface area contributed by atoms with Gasteiger partial charge in [0.25, 0.3) is 0 Å². The number of thioether (sulfide) groups is 1. The second kappa shape index (κ2) is 8.31. The molecule has 7 nitrogen and oxygen atoms in total. The average Bonchev–Trinajstić information content (AvgIpc) is 3.13. The number of thiophene rings is 1. The van der Waals surface area contributed by atoms with E-state index in [0.29, 0.717) is 11.8 Å². The maximum Gasteiger partial charge on any atom is 0.231 e. The molecule has 0 saturated heterocycles. The Balaban J connectivity index is 1.21. The molecular weight excluding hydrogens is 420 g/mol. The number of ether oxygens (including phenoxy) is 2. The number of rotatable bonds is 8. The Hall–Kier alpha value is -2.52. The summed E-state index contributed by atoms with van der Waals surface area (Å²) in [6.07, 6.45) is 3.09. The minimum absolute atomic E-state index is 0.0321. The van der Waals surface area contributed by atoms with E-state index in [1.807, 2.05) is 25.1 Å². The lowest BCUT2D eigenvalue weighted by atomic mass is 10.1. The Morgan fingerprint density at radius 2 is 2.17 bits per heavy atom. The monoisotopic (exact) mass is 442 g/mol. The fraction of sp³-hybridized carbons (Fsp3) is 0.381. The van der Waals surface area contributed by atoms with Crippen LogP contribution in [0.5, 0.6) is 11.5 Å². The number of benzene rings is 1. The molecule has 1 N–H and O–H groups in total. The normalized spacial score (nSPS) is 15.9. The first kappa shape index (κ1) is 19.4. The van der Waals surface area contributed by atoms with Crippen molar-refractivity contribution in [1.29, 1.82) is 0 Å². The smallest absolute Gasteiger partial charge is 0.231 e. The number of nitrogens with one attached hydrogen (secondary N) is 1.